The summed E-state index contributed by atoms with van der Waals surface area (Å²) in [5, 5.41) is 0. The van der Waals surface area contributed by atoms with E-state index in [0.717, 1.165) is 25.9 Å². The van der Waals surface area contributed by atoms with Gasteiger partial charge in [0.1, 0.15) is 0 Å². The normalized spacial score (nSPS) is 22.0. The van der Waals surface area contributed by atoms with Crippen LogP contribution in [0.4, 0.5) is 0 Å². The number of nitrogens with zero attached hydrogens (tertiary/aromatic N) is 1. The SMILES string of the molecule is CCCCC(=O)OC[C@@H]1CCCN(CC)C1. The molecule has 0 radical (unpaired) electrons. The third-order valence-corrected chi connectivity index (χ3v) is 3.26. The van der Waals surface area contributed by atoms with E-state index in [1.807, 2.05) is 0 Å². The highest BCUT2D eigenvalue weighted by Gasteiger charge is 2.19. The van der Waals surface area contributed by atoms with Gasteiger partial charge in [-0.15, -0.1) is 0 Å². The number of rotatable bonds is 6. The van der Waals surface area contributed by atoms with Crippen LogP contribution in [0.25, 0.3) is 0 Å². The second kappa shape index (κ2) is 7.66. The molecule has 0 aromatic carbocycles. The average Bonchev–Trinajstić information content (AvgIpc) is 2.34. The minimum absolute atomic E-state index is 0.0181. The van der Waals surface area contributed by atoms with Crippen LogP contribution in [0.2, 0.25) is 0 Å². The molecule has 0 amide bonds. The van der Waals surface area contributed by atoms with Crippen LogP contribution in [0.1, 0.15) is 46.0 Å². The molecule has 0 aromatic heterocycles. The number of ether oxygens (including phenoxy) is 1. The maximum Gasteiger partial charge on any atom is 0.305 e. The zero-order valence-corrected chi connectivity index (χ0v) is 10.7. The molecule has 1 aliphatic rings. The smallest absolute Gasteiger partial charge is 0.305 e. The van der Waals surface area contributed by atoms with Crippen LogP contribution in [-0.2, 0) is 9.53 Å². The summed E-state index contributed by atoms with van der Waals surface area (Å²) < 4.78 is 5.31. The lowest BCUT2D eigenvalue weighted by Gasteiger charge is -2.31. The van der Waals surface area contributed by atoms with Crippen LogP contribution in [0.15, 0.2) is 0 Å². The van der Waals surface area contributed by atoms with Crippen molar-refractivity contribution in [3.8, 4) is 0 Å². The van der Waals surface area contributed by atoms with Crippen molar-refractivity contribution in [1.82, 2.24) is 4.90 Å². The summed E-state index contributed by atoms with van der Waals surface area (Å²) in [5.74, 6) is 0.537. The van der Waals surface area contributed by atoms with Crippen molar-refractivity contribution < 1.29 is 9.53 Å². The van der Waals surface area contributed by atoms with Gasteiger partial charge in [-0.25, -0.2) is 0 Å². The van der Waals surface area contributed by atoms with Gasteiger partial charge in [-0.2, -0.15) is 0 Å². The Morgan fingerprint density at radius 1 is 1.44 bits per heavy atom. The maximum atomic E-state index is 11.4. The highest BCUT2D eigenvalue weighted by molar-refractivity contribution is 5.69. The van der Waals surface area contributed by atoms with Crippen LogP contribution in [-0.4, -0.2) is 37.1 Å². The predicted molar refractivity (Wildman–Crippen MR) is 65.3 cm³/mol. The van der Waals surface area contributed by atoms with Crippen LogP contribution in [0.3, 0.4) is 0 Å². The molecule has 0 N–H and O–H groups in total. The van der Waals surface area contributed by atoms with Crippen molar-refractivity contribution in [2.45, 2.75) is 46.0 Å². The van der Waals surface area contributed by atoms with Gasteiger partial charge in [0, 0.05) is 18.9 Å². The van der Waals surface area contributed by atoms with Gasteiger partial charge in [-0.05, 0) is 32.4 Å². The predicted octanol–water partition coefficient (Wildman–Crippen LogP) is 2.45. The molecular weight excluding hydrogens is 202 g/mol. The zero-order valence-electron chi connectivity index (χ0n) is 10.7. The van der Waals surface area contributed by atoms with Gasteiger partial charge >= 0.3 is 5.97 Å². The number of unbranched alkanes of at least 4 members (excludes halogenated alkanes) is 1. The number of piperidine rings is 1. The Kier molecular flexibility index (Phi) is 6.46. The van der Waals surface area contributed by atoms with E-state index in [4.69, 9.17) is 4.74 Å². The molecule has 0 bridgehead atoms. The van der Waals surface area contributed by atoms with Crippen LogP contribution >= 0.6 is 0 Å². The fourth-order valence-electron chi connectivity index (χ4n) is 2.18. The number of likely N-dealkylation sites (tertiary alicyclic amines) is 1. The standard InChI is InChI=1S/C13H25NO2/c1-3-5-8-13(15)16-11-12-7-6-9-14(4-2)10-12/h12H,3-11H2,1-2H3/t12-/m1/s1. The quantitative estimate of drug-likeness (QED) is 0.653. The van der Waals surface area contributed by atoms with Crippen molar-refractivity contribution in [1.29, 1.82) is 0 Å². The summed E-state index contributed by atoms with van der Waals surface area (Å²) in [5.41, 5.74) is 0. The zero-order chi connectivity index (χ0) is 11.8. The van der Waals surface area contributed by atoms with E-state index in [-0.39, 0.29) is 5.97 Å². The minimum Gasteiger partial charge on any atom is -0.465 e. The largest absolute Gasteiger partial charge is 0.465 e. The Labute approximate surface area is 99.1 Å². The number of esters is 1. The first-order valence-corrected chi connectivity index (χ1v) is 6.64. The molecule has 0 aromatic rings. The molecule has 1 heterocycles. The van der Waals surface area contributed by atoms with Crippen LogP contribution in [0.5, 0.6) is 0 Å². The summed E-state index contributed by atoms with van der Waals surface area (Å²) in [6.45, 7) is 8.32. The van der Waals surface area contributed by atoms with Gasteiger partial charge in [-0.1, -0.05) is 20.3 Å². The third kappa shape index (κ3) is 4.97. The summed E-state index contributed by atoms with van der Waals surface area (Å²) in [7, 11) is 0. The number of carbonyl (C=O) groups is 1. The first kappa shape index (κ1) is 13.5. The molecule has 1 aliphatic heterocycles. The lowest BCUT2D eigenvalue weighted by molar-refractivity contribution is -0.145. The molecule has 1 atom stereocenters. The van der Waals surface area contributed by atoms with E-state index in [1.165, 1.54) is 19.4 Å². The summed E-state index contributed by atoms with van der Waals surface area (Å²) >= 11 is 0. The van der Waals surface area contributed by atoms with Gasteiger partial charge in [0.15, 0.2) is 0 Å². The van der Waals surface area contributed by atoms with Gasteiger partial charge in [-0.3, -0.25) is 4.79 Å². The molecule has 94 valence electrons. The van der Waals surface area contributed by atoms with Gasteiger partial charge in [0.25, 0.3) is 0 Å². The highest BCUT2D eigenvalue weighted by Crippen LogP contribution is 2.16. The molecule has 3 nitrogen and oxygen atoms in total. The molecule has 16 heavy (non-hydrogen) atoms. The van der Waals surface area contributed by atoms with Gasteiger partial charge < -0.3 is 9.64 Å². The number of hydrogen-bond acceptors (Lipinski definition) is 3. The molecule has 0 unspecified atom stereocenters. The van der Waals surface area contributed by atoms with Crippen molar-refractivity contribution >= 4 is 5.97 Å². The summed E-state index contributed by atoms with van der Waals surface area (Å²) in [6.07, 6.45) is 5.04. The molecule has 1 fully saturated rings. The molecule has 0 aliphatic carbocycles. The molecular formula is C13H25NO2. The number of hydrogen-bond donors (Lipinski definition) is 0. The van der Waals surface area contributed by atoms with E-state index < -0.39 is 0 Å². The van der Waals surface area contributed by atoms with E-state index in [0.29, 0.717) is 18.9 Å². The van der Waals surface area contributed by atoms with Gasteiger partial charge in [0.05, 0.1) is 6.61 Å². The second-order valence-corrected chi connectivity index (χ2v) is 4.69. The van der Waals surface area contributed by atoms with Crippen molar-refractivity contribution in [2.24, 2.45) is 5.92 Å². The van der Waals surface area contributed by atoms with Gasteiger partial charge in [0.2, 0.25) is 0 Å². The topological polar surface area (TPSA) is 29.5 Å². The summed E-state index contributed by atoms with van der Waals surface area (Å²) in [6, 6.07) is 0. The Bertz CT molecular complexity index is 206. The van der Waals surface area contributed by atoms with E-state index in [1.54, 1.807) is 0 Å². The van der Waals surface area contributed by atoms with E-state index in [2.05, 4.69) is 18.7 Å². The Morgan fingerprint density at radius 2 is 2.25 bits per heavy atom. The second-order valence-electron chi connectivity index (χ2n) is 4.69. The lowest BCUT2D eigenvalue weighted by atomic mass is 9.99. The molecule has 0 saturated carbocycles. The van der Waals surface area contributed by atoms with Crippen LogP contribution in [0, 0.1) is 5.92 Å². The molecule has 0 spiro atoms. The fourth-order valence-corrected chi connectivity index (χ4v) is 2.18. The molecule has 1 rings (SSSR count). The van der Waals surface area contributed by atoms with E-state index >= 15 is 0 Å². The monoisotopic (exact) mass is 227 g/mol. The Hall–Kier alpha value is -0.570. The third-order valence-electron chi connectivity index (χ3n) is 3.26. The van der Waals surface area contributed by atoms with Crippen LogP contribution < -0.4 is 0 Å². The molecule has 1 saturated heterocycles. The highest BCUT2D eigenvalue weighted by atomic mass is 16.5. The van der Waals surface area contributed by atoms with E-state index in [9.17, 15) is 4.79 Å². The molecule has 3 heteroatoms. The maximum absolute atomic E-state index is 11.4. The number of carbonyl (C=O) groups excluding carboxylic acids is 1. The lowest BCUT2D eigenvalue weighted by Crippen LogP contribution is -2.37. The van der Waals surface area contributed by atoms with Crippen molar-refractivity contribution in [3.63, 3.8) is 0 Å². The Balaban J connectivity index is 2.14. The Morgan fingerprint density at radius 3 is 2.94 bits per heavy atom. The minimum atomic E-state index is -0.0181. The first-order chi connectivity index (χ1) is 7.76. The summed E-state index contributed by atoms with van der Waals surface area (Å²) in [4.78, 5) is 13.8. The fraction of sp³-hybridized carbons (Fsp3) is 0.923. The van der Waals surface area contributed by atoms with Crippen molar-refractivity contribution in [3.05, 3.63) is 0 Å². The first-order valence-electron chi connectivity index (χ1n) is 6.64. The average molecular weight is 227 g/mol. The van der Waals surface area contributed by atoms with Crippen molar-refractivity contribution in [2.75, 3.05) is 26.2 Å².